The summed E-state index contributed by atoms with van der Waals surface area (Å²) in [7, 11) is 1.65. The number of hydrogen-bond donors (Lipinski definition) is 1. The molecule has 0 radical (unpaired) electrons. The fraction of sp³-hybridized carbons (Fsp3) is 0.417. The maximum Gasteiger partial charge on any atom is 0.183 e. The van der Waals surface area contributed by atoms with Gasteiger partial charge in [0.15, 0.2) is 5.82 Å². The molecular weight excluding hydrogens is 310 g/mol. The summed E-state index contributed by atoms with van der Waals surface area (Å²) in [5.74, 6) is 0.654. The average molecular weight is 326 g/mol. The normalized spacial score (nSPS) is 11.8. The predicted molar refractivity (Wildman–Crippen MR) is 76.6 cm³/mol. The minimum atomic E-state index is -0.350. The van der Waals surface area contributed by atoms with Gasteiger partial charge < -0.3 is 10.5 Å². The van der Waals surface area contributed by atoms with Crippen molar-refractivity contribution >= 4 is 21.6 Å². The van der Waals surface area contributed by atoms with E-state index in [1.165, 1.54) is 0 Å². The van der Waals surface area contributed by atoms with Crippen molar-refractivity contribution < 1.29 is 4.74 Å². The number of nitrogen functional groups attached to an aromatic ring is 1. The van der Waals surface area contributed by atoms with E-state index in [2.05, 4.69) is 31.5 Å². The molecule has 0 spiro atoms. The van der Waals surface area contributed by atoms with Gasteiger partial charge in [-0.25, -0.2) is 4.68 Å². The van der Waals surface area contributed by atoms with Crippen molar-refractivity contribution in [1.29, 1.82) is 0 Å². The van der Waals surface area contributed by atoms with Crippen LogP contribution in [0.3, 0.4) is 0 Å². The second kappa shape index (κ2) is 5.26. The van der Waals surface area contributed by atoms with Gasteiger partial charge in [-0.15, -0.1) is 5.10 Å². The van der Waals surface area contributed by atoms with Crippen LogP contribution in [-0.4, -0.2) is 33.9 Å². The molecule has 7 heteroatoms. The summed E-state index contributed by atoms with van der Waals surface area (Å²) in [6.07, 6.45) is 0. The summed E-state index contributed by atoms with van der Waals surface area (Å²) in [4.78, 5) is 0. The van der Waals surface area contributed by atoms with Gasteiger partial charge in [-0.05, 0) is 52.3 Å². The minimum Gasteiger partial charge on any atom is -0.398 e. The van der Waals surface area contributed by atoms with Gasteiger partial charge in [0.1, 0.15) is 0 Å². The maximum absolute atomic E-state index is 5.90. The van der Waals surface area contributed by atoms with Crippen LogP contribution in [0, 0.1) is 0 Å². The summed E-state index contributed by atoms with van der Waals surface area (Å²) < 4.78 is 7.76. The van der Waals surface area contributed by atoms with Gasteiger partial charge in [-0.3, -0.25) is 0 Å². The zero-order valence-corrected chi connectivity index (χ0v) is 12.7. The lowest BCUT2D eigenvalue weighted by Crippen LogP contribution is -2.33. The van der Waals surface area contributed by atoms with E-state index >= 15 is 0 Å². The molecule has 0 unspecified atom stereocenters. The molecule has 2 rings (SSSR count). The highest BCUT2D eigenvalue weighted by molar-refractivity contribution is 9.10. The van der Waals surface area contributed by atoms with Crippen LogP contribution in [0.2, 0.25) is 0 Å². The Morgan fingerprint density at radius 1 is 1.42 bits per heavy atom. The van der Waals surface area contributed by atoms with Crippen molar-refractivity contribution in [2.45, 2.75) is 19.4 Å². The molecule has 2 N–H and O–H groups in total. The standard InChI is InChI=1S/C12H16BrN5O/c1-12(2,7-19-3)18-11(15-16-17-18)8-5-4-6-9(14)10(8)13/h4-6H,7,14H2,1-3H3. The summed E-state index contributed by atoms with van der Waals surface area (Å²) >= 11 is 3.48. The Bertz CT molecular complexity index is 581. The first-order valence-electron chi connectivity index (χ1n) is 5.79. The second-order valence-corrected chi connectivity index (χ2v) is 5.66. The molecule has 2 aromatic rings. The smallest absolute Gasteiger partial charge is 0.183 e. The molecule has 0 amide bonds. The first-order chi connectivity index (χ1) is 8.97. The second-order valence-electron chi connectivity index (χ2n) is 4.87. The third-order valence-electron chi connectivity index (χ3n) is 2.81. The molecule has 0 aliphatic heterocycles. The predicted octanol–water partition coefficient (Wildman–Crippen LogP) is 2.07. The lowest BCUT2D eigenvalue weighted by Gasteiger charge is -2.24. The molecule has 6 nitrogen and oxygen atoms in total. The number of ether oxygens (including phenoxy) is 1. The van der Waals surface area contributed by atoms with Crippen molar-refractivity contribution in [1.82, 2.24) is 20.2 Å². The Balaban J connectivity index is 2.53. The number of aromatic nitrogens is 4. The lowest BCUT2D eigenvalue weighted by molar-refractivity contribution is 0.101. The van der Waals surface area contributed by atoms with Crippen LogP contribution < -0.4 is 5.73 Å². The van der Waals surface area contributed by atoms with E-state index in [9.17, 15) is 0 Å². The van der Waals surface area contributed by atoms with E-state index in [0.717, 1.165) is 10.0 Å². The van der Waals surface area contributed by atoms with Gasteiger partial charge in [-0.2, -0.15) is 0 Å². The highest BCUT2D eigenvalue weighted by Gasteiger charge is 2.27. The van der Waals surface area contributed by atoms with E-state index in [4.69, 9.17) is 10.5 Å². The molecule has 0 aliphatic rings. The summed E-state index contributed by atoms with van der Waals surface area (Å²) in [6.45, 7) is 4.53. The number of tetrazole rings is 1. The molecule has 19 heavy (non-hydrogen) atoms. The quantitative estimate of drug-likeness (QED) is 0.870. The highest BCUT2D eigenvalue weighted by Crippen LogP contribution is 2.32. The molecule has 0 saturated heterocycles. The van der Waals surface area contributed by atoms with Gasteiger partial charge in [-0.1, -0.05) is 6.07 Å². The molecule has 1 heterocycles. The molecule has 0 aliphatic carbocycles. The average Bonchev–Trinajstić information content (AvgIpc) is 2.82. The molecular formula is C12H16BrN5O. The Morgan fingerprint density at radius 2 is 2.16 bits per heavy atom. The number of halogens is 1. The van der Waals surface area contributed by atoms with E-state index in [-0.39, 0.29) is 5.54 Å². The molecule has 0 fully saturated rings. The number of nitrogens with two attached hydrogens (primary N) is 1. The topological polar surface area (TPSA) is 78.8 Å². The lowest BCUT2D eigenvalue weighted by atomic mass is 10.1. The zero-order chi connectivity index (χ0) is 14.0. The van der Waals surface area contributed by atoms with E-state index < -0.39 is 0 Å². The number of nitrogens with zero attached hydrogens (tertiary/aromatic N) is 4. The van der Waals surface area contributed by atoms with Gasteiger partial charge in [0.05, 0.1) is 16.6 Å². The molecule has 0 atom stereocenters. The van der Waals surface area contributed by atoms with Gasteiger partial charge in [0, 0.05) is 18.4 Å². The summed E-state index contributed by atoms with van der Waals surface area (Å²) in [5.41, 5.74) is 7.05. The van der Waals surface area contributed by atoms with Gasteiger partial charge >= 0.3 is 0 Å². The number of methoxy groups -OCH3 is 1. The number of benzene rings is 1. The largest absolute Gasteiger partial charge is 0.398 e. The molecule has 0 saturated carbocycles. The first-order valence-corrected chi connectivity index (χ1v) is 6.59. The molecule has 1 aromatic carbocycles. The molecule has 1 aromatic heterocycles. The van der Waals surface area contributed by atoms with Crippen LogP contribution in [0.15, 0.2) is 22.7 Å². The number of hydrogen-bond acceptors (Lipinski definition) is 5. The van der Waals surface area contributed by atoms with Crippen LogP contribution in [-0.2, 0) is 10.3 Å². The van der Waals surface area contributed by atoms with E-state index in [1.807, 2.05) is 32.0 Å². The highest BCUT2D eigenvalue weighted by atomic mass is 79.9. The Hall–Kier alpha value is -1.47. The summed E-state index contributed by atoms with van der Waals surface area (Å²) in [6, 6.07) is 5.62. The van der Waals surface area contributed by atoms with Crippen molar-refractivity contribution in [3.8, 4) is 11.4 Å². The fourth-order valence-corrected chi connectivity index (χ4v) is 2.34. The van der Waals surface area contributed by atoms with Crippen LogP contribution >= 0.6 is 15.9 Å². The Kier molecular flexibility index (Phi) is 3.86. The first kappa shape index (κ1) is 14.0. The number of anilines is 1. The minimum absolute atomic E-state index is 0.350. The Morgan fingerprint density at radius 3 is 2.84 bits per heavy atom. The third-order valence-corrected chi connectivity index (χ3v) is 3.69. The van der Waals surface area contributed by atoms with Crippen molar-refractivity contribution in [2.24, 2.45) is 0 Å². The van der Waals surface area contributed by atoms with Crippen molar-refractivity contribution in [3.05, 3.63) is 22.7 Å². The van der Waals surface area contributed by atoms with Crippen molar-refractivity contribution in [2.75, 3.05) is 19.5 Å². The van der Waals surface area contributed by atoms with Crippen LogP contribution in [0.4, 0.5) is 5.69 Å². The SMILES string of the molecule is COCC(C)(C)n1nnnc1-c1cccc(N)c1Br. The van der Waals surface area contributed by atoms with Gasteiger partial charge in [0.2, 0.25) is 0 Å². The van der Waals surface area contributed by atoms with Crippen LogP contribution in [0.5, 0.6) is 0 Å². The molecule has 102 valence electrons. The van der Waals surface area contributed by atoms with E-state index in [1.54, 1.807) is 11.8 Å². The van der Waals surface area contributed by atoms with Crippen LogP contribution in [0.25, 0.3) is 11.4 Å². The summed E-state index contributed by atoms with van der Waals surface area (Å²) in [5, 5.41) is 11.9. The van der Waals surface area contributed by atoms with Gasteiger partial charge in [0.25, 0.3) is 0 Å². The number of rotatable bonds is 4. The van der Waals surface area contributed by atoms with Crippen molar-refractivity contribution in [3.63, 3.8) is 0 Å². The Labute approximate surface area is 120 Å². The van der Waals surface area contributed by atoms with Crippen LogP contribution in [0.1, 0.15) is 13.8 Å². The third kappa shape index (κ3) is 2.62. The zero-order valence-electron chi connectivity index (χ0n) is 11.1. The fourth-order valence-electron chi connectivity index (χ4n) is 1.90. The molecule has 0 bridgehead atoms. The monoisotopic (exact) mass is 325 g/mol. The maximum atomic E-state index is 5.90. The van der Waals surface area contributed by atoms with E-state index in [0.29, 0.717) is 18.1 Å².